The van der Waals surface area contributed by atoms with Crippen LogP contribution in [0.15, 0.2) is 0 Å². The molecule has 0 bridgehead atoms. The summed E-state index contributed by atoms with van der Waals surface area (Å²) in [6, 6.07) is -0.347. The van der Waals surface area contributed by atoms with Crippen LogP contribution < -0.4 is 5.32 Å². The van der Waals surface area contributed by atoms with Crippen molar-refractivity contribution in [3.05, 3.63) is 0 Å². The normalized spacial score (nSPS) is 18.5. The molecule has 17 heavy (non-hydrogen) atoms. The van der Waals surface area contributed by atoms with Crippen molar-refractivity contribution >= 4 is 12.0 Å². The van der Waals surface area contributed by atoms with E-state index < -0.39 is 5.97 Å². The number of likely N-dealkylation sites (N-methyl/N-ethyl adjacent to an activating group) is 1. The summed E-state index contributed by atoms with van der Waals surface area (Å²) in [6.07, 6.45) is 1.83. The molecule has 6 nitrogen and oxygen atoms in total. The van der Waals surface area contributed by atoms with E-state index in [1.807, 2.05) is 0 Å². The van der Waals surface area contributed by atoms with Crippen LogP contribution in [0.1, 0.15) is 19.8 Å². The standard InChI is InChI=1S/C11H20N2O4/c1-11(3-5-17-6-4-11)8-12-10(16)13(2)7-9(14)15/h3-8H2,1-2H3,(H,12,16)(H,14,15). The average Bonchev–Trinajstić information content (AvgIpc) is 2.26. The molecular formula is C11H20N2O4. The maximum absolute atomic E-state index is 11.6. The highest BCUT2D eigenvalue weighted by molar-refractivity contribution is 5.79. The van der Waals surface area contributed by atoms with Crippen LogP contribution in [-0.2, 0) is 9.53 Å². The lowest BCUT2D eigenvalue weighted by Gasteiger charge is -2.34. The van der Waals surface area contributed by atoms with Gasteiger partial charge >= 0.3 is 12.0 Å². The Kier molecular flexibility index (Phi) is 4.74. The second kappa shape index (κ2) is 5.86. The van der Waals surface area contributed by atoms with Crippen LogP contribution in [0, 0.1) is 5.41 Å². The van der Waals surface area contributed by atoms with E-state index in [0.29, 0.717) is 6.54 Å². The molecule has 1 aliphatic rings. The third-order valence-electron chi connectivity index (χ3n) is 3.09. The monoisotopic (exact) mass is 244 g/mol. The number of rotatable bonds is 4. The highest BCUT2D eigenvalue weighted by Gasteiger charge is 2.28. The van der Waals surface area contributed by atoms with Crippen LogP contribution in [-0.4, -0.2) is 55.4 Å². The molecule has 0 radical (unpaired) electrons. The van der Waals surface area contributed by atoms with Crippen LogP contribution in [0.4, 0.5) is 4.79 Å². The molecule has 1 fully saturated rings. The number of amides is 2. The fraction of sp³-hybridized carbons (Fsp3) is 0.818. The number of hydrogen-bond acceptors (Lipinski definition) is 3. The van der Waals surface area contributed by atoms with Gasteiger partial charge in [-0.05, 0) is 18.3 Å². The Morgan fingerprint density at radius 2 is 2.00 bits per heavy atom. The molecule has 0 atom stereocenters. The van der Waals surface area contributed by atoms with E-state index in [-0.39, 0.29) is 18.0 Å². The maximum Gasteiger partial charge on any atom is 0.323 e. The molecule has 98 valence electrons. The molecule has 1 heterocycles. The number of carbonyl (C=O) groups is 2. The number of carboxylic acids is 1. The molecule has 0 unspecified atom stereocenters. The van der Waals surface area contributed by atoms with Crippen molar-refractivity contribution in [1.82, 2.24) is 10.2 Å². The number of hydrogen-bond donors (Lipinski definition) is 2. The Morgan fingerprint density at radius 3 is 2.53 bits per heavy atom. The van der Waals surface area contributed by atoms with Gasteiger partial charge in [0.15, 0.2) is 0 Å². The van der Waals surface area contributed by atoms with E-state index in [1.54, 1.807) is 0 Å². The summed E-state index contributed by atoms with van der Waals surface area (Å²) in [5.41, 5.74) is 0.0535. The molecule has 1 rings (SSSR count). The number of nitrogens with zero attached hydrogens (tertiary/aromatic N) is 1. The Morgan fingerprint density at radius 1 is 1.41 bits per heavy atom. The molecule has 1 aliphatic heterocycles. The third kappa shape index (κ3) is 4.60. The van der Waals surface area contributed by atoms with Gasteiger partial charge in [0.2, 0.25) is 0 Å². The lowest BCUT2D eigenvalue weighted by molar-refractivity contribution is -0.137. The number of urea groups is 1. The maximum atomic E-state index is 11.6. The Bertz CT molecular complexity index is 287. The van der Waals surface area contributed by atoms with Crippen molar-refractivity contribution in [3.8, 4) is 0 Å². The van der Waals surface area contributed by atoms with Gasteiger partial charge in [0.1, 0.15) is 6.54 Å². The summed E-state index contributed by atoms with van der Waals surface area (Å²) in [7, 11) is 1.47. The summed E-state index contributed by atoms with van der Waals surface area (Å²) in [5.74, 6) is -1.01. The topological polar surface area (TPSA) is 78.9 Å². The summed E-state index contributed by atoms with van der Waals surface area (Å²) in [5, 5.41) is 11.3. The van der Waals surface area contributed by atoms with Crippen LogP contribution in [0.25, 0.3) is 0 Å². The van der Waals surface area contributed by atoms with Crippen LogP contribution in [0.5, 0.6) is 0 Å². The summed E-state index contributed by atoms with van der Waals surface area (Å²) >= 11 is 0. The largest absolute Gasteiger partial charge is 0.480 e. The van der Waals surface area contributed by atoms with Gasteiger partial charge < -0.3 is 20.1 Å². The summed E-state index contributed by atoms with van der Waals surface area (Å²) < 4.78 is 5.27. The first-order valence-corrected chi connectivity index (χ1v) is 5.71. The number of nitrogens with one attached hydrogen (secondary N) is 1. The zero-order chi connectivity index (χ0) is 12.9. The van der Waals surface area contributed by atoms with Gasteiger partial charge in [0.25, 0.3) is 0 Å². The predicted octanol–water partition coefficient (Wildman–Crippen LogP) is 0.529. The molecule has 0 saturated carbocycles. The van der Waals surface area contributed by atoms with Gasteiger partial charge in [-0.3, -0.25) is 4.79 Å². The minimum absolute atomic E-state index is 0.0535. The van der Waals surface area contributed by atoms with Crippen molar-refractivity contribution < 1.29 is 19.4 Å². The van der Waals surface area contributed by atoms with Crippen LogP contribution >= 0.6 is 0 Å². The zero-order valence-corrected chi connectivity index (χ0v) is 10.4. The first kappa shape index (κ1) is 13.8. The van der Waals surface area contributed by atoms with E-state index in [9.17, 15) is 9.59 Å². The van der Waals surface area contributed by atoms with E-state index >= 15 is 0 Å². The minimum Gasteiger partial charge on any atom is -0.480 e. The van der Waals surface area contributed by atoms with Crippen molar-refractivity contribution in [1.29, 1.82) is 0 Å². The second-order valence-electron chi connectivity index (χ2n) is 4.83. The van der Waals surface area contributed by atoms with E-state index in [0.717, 1.165) is 31.0 Å². The van der Waals surface area contributed by atoms with Gasteiger partial charge in [-0.1, -0.05) is 6.92 Å². The van der Waals surface area contributed by atoms with Gasteiger partial charge in [-0.2, -0.15) is 0 Å². The zero-order valence-electron chi connectivity index (χ0n) is 10.4. The number of ether oxygens (including phenoxy) is 1. The Balaban J connectivity index is 2.33. The molecule has 0 aromatic rings. The summed E-state index contributed by atoms with van der Waals surface area (Å²) in [4.78, 5) is 23.2. The number of carboxylic acid groups (broad SMARTS) is 1. The lowest BCUT2D eigenvalue weighted by Crippen LogP contribution is -2.45. The molecular weight excluding hydrogens is 224 g/mol. The van der Waals surface area contributed by atoms with Crippen LogP contribution in [0.2, 0.25) is 0 Å². The lowest BCUT2D eigenvalue weighted by atomic mass is 9.82. The van der Waals surface area contributed by atoms with Crippen molar-refractivity contribution in [2.45, 2.75) is 19.8 Å². The van der Waals surface area contributed by atoms with Crippen molar-refractivity contribution in [2.24, 2.45) is 5.41 Å². The fourth-order valence-electron chi connectivity index (χ4n) is 1.74. The Hall–Kier alpha value is -1.30. The second-order valence-corrected chi connectivity index (χ2v) is 4.83. The highest BCUT2D eigenvalue weighted by atomic mass is 16.5. The number of carbonyl (C=O) groups excluding carboxylic acids is 1. The first-order valence-electron chi connectivity index (χ1n) is 5.71. The van der Waals surface area contributed by atoms with Crippen LogP contribution in [0.3, 0.4) is 0 Å². The third-order valence-corrected chi connectivity index (χ3v) is 3.09. The number of aliphatic carboxylic acids is 1. The van der Waals surface area contributed by atoms with Gasteiger partial charge in [-0.15, -0.1) is 0 Å². The predicted molar refractivity (Wildman–Crippen MR) is 61.8 cm³/mol. The molecule has 2 amide bonds. The molecule has 6 heteroatoms. The minimum atomic E-state index is -1.01. The fourth-order valence-corrected chi connectivity index (χ4v) is 1.74. The van der Waals surface area contributed by atoms with Gasteiger partial charge in [0, 0.05) is 26.8 Å². The quantitative estimate of drug-likeness (QED) is 0.756. The smallest absolute Gasteiger partial charge is 0.323 e. The van der Waals surface area contributed by atoms with E-state index in [2.05, 4.69) is 12.2 Å². The van der Waals surface area contributed by atoms with Crippen molar-refractivity contribution in [2.75, 3.05) is 33.4 Å². The van der Waals surface area contributed by atoms with Gasteiger partial charge in [0.05, 0.1) is 0 Å². The first-order chi connectivity index (χ1) is 7.93. The van der Waals surface area contributed by atoms with E-state index in [1.165, 1.54) is 7.05 Å². The molecule has 0 aromatic carbocycles. The molecule has 2 N–H and O–H groups in total. The SMILES string of the molecule is CN(CC(=O)O)C(=O)NCC1(C)CCOCC1. The molecule has 0 aliphatic carbocycles. The highest BCUT2D eigenvalue weighted by Crippen LogP contribution is 2.28. The van der Waals surface area contributed by atoms with Gasteiger partial charge in [-0.25, -0.2) is 4.79 Å². The molecule has 1 saturated heterocycles. The Labute approximate surface area is 101 Å². The average molecular weight is 244 g/mol. The molecule has 0 spiro atoms. The summed E-state index contributed by atoms with van der Waals surface area (Å²) in [6.45, 7) is 3.81. The molecule has 0 aromatic heterocycles. The van der Waals surface area contributed by atoms with Crippen molar-refractivity contribution in [3.63, 3.8) is 0 Å². The van der Waals surface area contributed by atoms with E-state index in [4.69, 9.17) is 9.84 Å².